The second kappa shape index (κ2) is 4.39. The Bertz CT molecular complexity index is 320. The molecule has 2 nitrogen and oxygen atoms in total. The lowest BCUT2D eigenvalue weighted by Crippen LogP contribution is -2.61. The van der Waals surface area contributed by atoms with Gasteiger partial charge in [0.05, 0.1) is 0 Å². The first kappa shape index (κ1) is 16.8. The molecule has 1 heterocycles. The van der Waals surface area contributed by atoms with E-state index in [1.54, 1.807) is 41.5 Å². The first-order valence-corrected chi connectivity index (χ1v) is 7.07. The van der Waals surface area contributed by atoms with Crippen LogP contribution in [0, 0.1) is 10.8 Å². The van der Waals surface area contributed by atoms with Crippen LogP contribution in [0.3, 0.4) is 0 Å². The lowest BCUT2D eigenvalue weighted by Gasteiger charge is -2.47. The average molecular weight is 278 g/mol. The van der Waals surface area contributed by atoms with Crippen molar-refractivity contribution in [3.63, 3.8) is 0 Å². The Kier molecular flexibility index (Phi) is 3.89. The van der Waals surface area contributed by atoms with Crippen molar-refractivity contribution in [2.24, 2.45) is 10.8 Å². The van der Waals surface area contributed by atoms with E-state index in [-0.39, 0.29) is 0 Å². The fourth-order valence-electron chi connectivity index (χ4n) is 2.43. The molecule has 0 spiro atoms. The van der Waals surface area contributed by atoms with Gasteiger partial charge in [0, 0.05) is 10.8 Å². The zero-order chi connectivity index (χ0) is 15.3. The third-order valence-electron chi connectivity index (χ3n) is 4.70. The van der Waals surface area contributed by atoms with Crippen LogP contribution in [0.25, 0.3) is 0 Å². The summed E-state index contributed by atoms with van der Waals surface area (Å²) in [5.41, 5.74) is -1.97. The van der Waals surface area contributed by atoms with Crippen molar-refractivity contribution in [2.45, 2.75) is 85.7 Å². The molecule has 0 aromatic rings. The van der Waals surface area contributed by atoms with Gasteiger partial charge in [-0.05, 0) is 26.7 Å². The van der Waals surface area contributed by atoms with Gasteiger partial charge < -0.3 is 9.47 Å². The molecule has 0 saturated carbocycles. The Morgan fingerprint density at radius 2 is 1.05 bits per heavy atom. The molecule has 0 aromatic heterocycles. The van der Waals surface area contributed by atoms with Crippen LogP contribution in [0.4, 0.5) is 8.78 Å². The van der Waals surface area contributed by atoms with Crippen LogP contribution in [0.15, 0.2) is 0 Å². The van der Waals surface area contributed by atoms with Gasteiger partial charge in [0.25, 0.3) is 11.7 Å². The highest BCUT2D eigenvalue weighted by molar-refractivity contribution is 5.08. The van der Waals surface area contributed by atoms with Crippen molar-refractivity contribution in [1.29, 1.82) is 0 Å². The Labute approximate surface area is 115 Å². The highest BCUT2D eigenvalue weighted by Crippen LogP contribution is 2.62. The summed E-state index contributed by atoms with van der Waals surface area (Å²) in [6.45, 7) is 13.5. The summed E-state index contributed by atoms with van der Waals surface area (Å²) >= 11 is 0. The minimum atomic E-state index is -2.47. The quantitative estimate of drug-likeness (QED) is 0.722. The maximum Gasteiger partial charge on any atom is 0.276 e. The van der Waals surface area contributed by atoms with E-state index in [1.807, 2.05) is 13.8 Å². The van der Waals surface area contributed by atoms with Gasteiger partial charge in [0.1, 0.15) is 0 Å². The first-order valence-electron chi connectivity index (χ1n) is 7.07. The third kappa shape index (κ3) is 2.21. The summed E-state index contributed by atoms with van der Waals surface area (Å²) in [6, 6.07) is 0. The number of ether oxygens (including phenoxy) is 2. The van der Waals surface area contributed by atoms with Crippen molar-refractivity contribution in [2.75, 3.05) is 0 Å². The van der Waals surface area contributed by atoms with E-state index in [0.29, 0.717) is 12.8 Å². The molecule has 2 unspecified atom stereocenters. The molecule has 1 rings (SSSR count). The predicted octanol–water partition coefficient (Wildman–Crippen LogP) is 4.97. The molecule has 1 aliphatic heterocycles. The van der Waals surface area contributed by atoms with Crippen LogP contribution in [0.5, 0.6) is 0 Å². The topological polar surface area (TPSA) is 18.5 Å². The second-order valence-electron chi connectivity index (χ2n) is 7.27. The Balaban J connectivity index is 3.43. The molecule has 0 aromatic carbocycles. The lowest BCUT2D eigenvalue weighted by molar-refractivity contribution is -0.307. The van der Waals surface area contributed by atoms with E-state index >= 15 is 8.78 Å². The molecule has 0 aliphatic carbocycles. The molecule has 1 aliphatic rings. The highest BCUT2D eigenvalue weighted by atomic mass is 19.2. The molecule has 0 bridgehead atoms. The Hall–Kier alpha value is -0.220. The standard InChI is InChI=1S/C15H28F2O2/c1-9-11(3,4)14(16)15(17,12(5,6)10-2)19-13(7,8)18-14/h9-10H2,1-8H3. The van der Waals surface area contributed by atoms with Gasteiger partial charge in [0.15, 0.2) is 5.79 Å². The predicted molar refractivity (Wildman–Crippen MR) is 72.1 cm³/mol. The molecular formula is C15H28F2O2. The maximum atomic E-state index is 15.6. The molecule has 1 fully saturated rings. The van der Waals surface area contributed by atoms with Crippen LogP contribution >= 0.6 is 0 Å². The largest absolute Gasteiger partial charge is 0.309 e. The molecule has 0 N–H and O–H groups in total. The minimum Gasteiger partial charge on any atom is -0.309 e. The van der Waals surface area contributed by atoms with Crippen molar-refractivity contribution in [3.8, 4) is 0 Å². The van der Waals surface area contributed by atoms with E-state index in [4.69, 9.17) is 9.47 Å². The summed E-state index contributed by atoms with van der Waals surface area (Å²) in [6.07, 6.45) is 0.906. The lowest BCUT2D eigenvalue weighted by atomic mass is 9.68. The summed E-state index contributed by atoms with van der Waals surface area (Å²) in [7, 11) is 0. The van der Waals surface area contributed by atoms with Gasteiger partial charge in [-0.15, -0.1) is 0 Å². The van der Waals surface area contributed by atoms with Gasteiger partial charge in [-0.1, -0.05) is 41.5 Å². The van der Waals surface area contributed by atoms with Crippen LogP contribution in [-0.2, 0) is 9.47 Å². The molecule has 114 valence electrons. The average Bonchev–Trinajstić information content (AvgIpc) is 2.47. The molecule has 0 amide bonds. The second-order valence-corrected chi connectivity index (χ2v) is 7.27. The fraction of sp³-hybridized carbons (Fsp3) is 1.00. The molecule has 1 saturated heterocycles. The monoisotopic (exact) mass is 278 g/mol. The zero-order valence-electron chi connectivity index (χ0n) is 13.5. The van der Waals surface area contributed by atoms with Crippen LogP contribution in [-0.4, -0.2) is 17.5 Å². The van der Waals surface area contributed by atoms with Gasteiger partial charge in [0.2, 0.25) is 0 Å². The molecule has 2 atom stereocenters. The number of halogens is 2. The van der Waals surface area contributed by atoms with Crippen molar-refractivity contribution >= 4 is 0 Å². The highest BCUT2D eigenvalue weighted by Gasteiger charge is 2.76. The van der Waals surface area contributed by atoms with E-state index in [9.17, 15) is 0 Å². The number of alkyl halides is 2. The molecule has 19 heavy (non-hydrogen) atoms. The zero-order valence-corrected chi connectivity index (χ0v) is 13.5. The summed E-state index contributed by atoms with van der Waals surface area (Å²) in [4.78, 5) is 0. The third-order valence-corrected chi connectivity index (χ3v) is 4.70. The van der Waals surface area contributed by atoms with Crippen LogP contribution in [0.2, 0.25) is 0 Å². The summed E-state index contributed by atoms with van der Waals surface area (Å²) in [5.74, 6) is -6.22. The van der Waals surface area contributed by atoms with Gasteiger partial charge >= 0.3 is 0 Å². The number of rotatable bonds is 4. The van der Waals surface area contributed by atoms with Gasteiger partial charge in [-0.2, -0.15) is 0 Å². The first-order chi connectivity index (χ1) is 8.29. The fourth-order valence-corrected chi connectivity index (χ4v) is 2.43. The molecule has 0 radical (unpaired) electrons. The Morgan fingerprint density at radius 3 is 1.26 bits per heavy atom. The number of hydrogen-bond acceptors (Lipinski definition) is 2. The number of hydrogen-bond donors (Lipinski definition) is 0. The normalized spacial score (nSPS) is 35.7. The van der Waals surface area contributed by atoms with E-state index in [0.717, 1.165) is 0 Å². The minimum absolute atomic E-state index is 0.453. The van der Waals surface area contributed by atoms with E-state index in [1.165, 1.54) is 0 Å². The van der Waals surface area contributed by atoms with Crippen LogP contribution < -0.4 is 0 Å². The van der Waals surface area contributed by atoms with Crippen molar-refractivity contribution in [3.05, 3.63) is 0 Å². The van der Waals surface area contributed by atoms with Gasteiger partial charge in [-0.3, -0.25) is 0 Å². The van der Waals surface area contributed by atoms with E-state index < -0.39 is 28.3 Å². The van der Waals surface area contributed by atoms with Crippen LogP contribution in [0.1, 0.15) is 68.2 Å². The summed E-state index contributed by atoms with van der Waals surface area (Å²) < 4.78 is 42.1. The maximum absolute atomic E-state index is 15.6. The van der Waals surface area contributed by atoms with Crippen molar-refractivity contribution < 1.29 is 18.3 Å². The van der Waals surface area contributed by atoms with Gasteiger partial charge in [-0.25, -0.2) is 8.78 Å². The Morgan fingerprint density at radius 1 is 0.789 bits per heavy atom. The summed E-state index contributed by atoms with van der Waals surface area (Å²) in [5, 5.41) is 0. The molecule has 4 heteroatoms. The van der Waals surface area contributed by atoms with E-state index in [2.05, 4.69) is 0 Å². The smallest absolute Gasteiger partial charge is 0.276 e. The SMILES string of the molecule is CCC(C)(C)C1(F)OC(C)(C)OC1(F)C(C)(C)CC. The molecular weight excluding hydrogens is 250 g/mol. The van der Waals surface area contributed by atoms with Crippen molar-refractivity contribution in [1.82, 2.24) is 0 Å².